The Hall–Kier alpha value is -2.87. The lowest BCUT2D eigenvalue weighted by Gasteiger charge is -2.02. The van der Waals surface area contributed by atoms with Crippen LogP contribution in [0.4, 0.5) is 0 Å². The molecule has 0 aliphatic rings. The van der Waals surface area contributed by atoms with E-state index in [4.69, 9.17) is 9.15 Å². The number of nitrogens with zero attached hydrogens (tertiary/aromatic N) is 4. The van der Waals surface area contributed by atoms with E-state index in [-0.39, 0.29) is 0 Å². The smallest absolute Gasteiger partial charge is 0.226 e. The molecule has 0 spiro atoms. The molecule has 0 saturated carbocycles. The van der Waals surface area contributed by atoms with E-state index >= 15 is 0 Å². The van der Waals surface area contributed by atoms with Crippen molar-refractivity contribution in [3.8, 4) is 17.2 Å². The van der Waals surface area contributed by atoms with Crippen LogP contribution in [-0.4, -0.2) is 31.5 Å². The molecule has 0 aliphatic carbocycles. The Morgan fingerprint density at radius 2 is 2.00 bits per heavy atom. The van der Waals surface area contributed by atoms with Gasteiger partial charge in [0.05, 0.1) is 18.6 Å². The van der Waals surface area contributed by atoms with Gasteiger partial charge in [0.1, 0.15) is 28.4 Å². The molecule has 0 fully saturated rings. The number of H-pyrrole nitrogens is 1. The highest BCUT2D eigenvalue weighted by atomic mass is 32.2. The molecule has 0 bridgehead atoms. The Kier molecular flexibility index (Phi) is 4.57. The molecule has 4 rings (SSSR count). The van der Waals surface area contributed by atoms with Gasteiger partial charge < -0.3 is 14.1 Å². The lowest BCUT2D eigenvalue weighted by atomic mass is 10.2. The number of ether oxygens (including phenoxy) is 1. The summed E-state index contributed by atoms with van der Waals surface area (Å²) in [4.78, 5) is 20.3. The molecule has 3 aromatic heterocycles. The lowest BCUT2D eigenvalue weighted by molar-refractivity contribution is 0.340. The predicted octanol–water partition coefficient (Wildman–Crippen LogP) is 4.01. The van der Waals surface area contributed by atoms with Crippen LogP contribution in [0.25, 0.3) is 22.6 Å². The molecule has 132 valence electrons. The maximum atomic E-state index is 5.84. The first-order valence-electron chi connectivity index (χ1n) is 8.21. The summed E-state index contributed by atoms with van der Waals surface area (Å²) >= 11 is 1.57. The summed E-state index contributed by atoms with van der Waals surface area (Å²) in [5.41, 5.74) is 3.32. The molecule has 26 heavy (non-hydrogen) atoms. The third-order valence-electron chi connectivity index (χ3n) is 3.84. The van der Waals surface area contributed by atoms with Crippen LogP contribution in [0.1, 0.15) is 18.4 Å². The molecule has 1 N–H and O–H groups in total. The summed E-state index contributed by atoms with van der Waals surface area (Å²) in [5.74, 6) is 2.90. The van der Waals surface area contributed by atoms with Crippen molar-refractivity contribution < 1.29 is 9.15 Å². The zero-order chi connectivity index (χ0) is 17.9. The average molecular weight is 367 g/mol. The molecule has 8 heteroatoms. The van der Waals surface area contributed by atoms with E-state index in [0.717, 1.165) is 33.3 Å². The molecule has 0 amide bonds. The monoisotopic (exact) mass is 367 g/mol. The van der Waals surface area contributed by atoms with Crippen molar-refractivity contribution >= 4 is 22.9 Å². The number of fused-ring (bicyclic) bond motifs is 1. The zero-order valence-corrected chi connectivity index (χ0v) is 15.2. The SMILES string of the molecule is CCOc1ccc(-c2nc(CSc3ncnc4nc[nH]c34)c(C)o2)cc1. The number of aryl methyl sites for hydroxylation is 1. The van der Waals surface area contributed by atoms with Crippen molar-refractivity contribution in [2.75, 3.05) is 6.61 Å². The Labute approximate surface area is 154 Å². The maximum Gasteiger partial charge on any atom is 0.226 e. The van der Waals surface area contributed by atoms with Gasteiger partial charge in [0.15, 0.2) is 5.65 Å². The van der Waals surface area contributed by atoms with Crippen LogP contribution in [0.15, 0.2) is 46.4 Å². The molecule has 0 radical (unpaired) electrons. The van der Waals surface area contributed by atoms with Gasteiger partial charge in [-0.05, 0) is 38.1 Å². The number of hydrogen-bond donors (Lipinski definition) is 1. The van der Waals surface area contributed by atoms with Crippen molar-refractivity contribution in [2.45, 2.75) is 24.6 Å². The summed E-state index contributed by atoms with van der Waals surface area (Å²) in [6, 6.07) is 7.74. The van der Waals surface area contributed by atoms with Crippen molar-refractivity contribution in [3.63, 3.8) is 0 Å². The second-order valence-corrected chi connectivity index (χ2v) is 6.51. The number of oxazole rings is 1. The van der Waals surface area contributed by atoms with Gasteiger partial charge in [0.2, 0.25) is 5.89 Å². The fourth-order valence-electron chi connectivity index (χ4n) is 2.53. The van der Waals surface area contributed by atoms with Crippen LogP contribution in [0, 0.1) is 6.92 Å². The molecule has 1 aromatic carbocycles. The minimum Gasteiger partial charge on any atom is -0.494 e. The van der Waals surface area contributed by atoms with E-state index in [1.54, 1.807) is 18.1 Å². The van der Waals surface area contributed by atoms with Gasteiger partial charge in [-0.2, -0.15) is 0 Å². The number of imidazole rings is 1. The Bertz CT molecular complexity index is 1030. The molecule has 4 aromatic rings. The summed E-state index contributed by atoms with van der Waals surface area (Å²) in [7, 11) is 0. The van der Waals surface area contributed by atoms with E-state index in [1.807, 2.05) is 38.1 Å². The van der Waals surface area contributed by atoms with Gasteiger partial charge in [0, 0.05) is 11.3 Å². The van der Waals surface area contributed by atoms with E-state index in [0.29, 0.717) is 23.9 Å². The Balaban J connectivity index is 1.52. The predicted molar refractivity (Wildman–Crippen MR) is 99.1 cm³/mol. The van der Waals surface area contributed by atoms with Crippen LogP contribution in [0.3, 0.4) is 0 Å². The lowest BCUT2D eigenvalue weighted by Crippen LogP contribution is -1.91. The summed E-state index contributed by atoms with van der Waals surface area (Å²) < 4.78 is 11.3. The first-order chi connectivity index (χ1) is 12.7. The van der Waals surface area contributed by atoms with Crippen molar-refractivity contribution in [3.05, 3.63) is 48.4 Å². The largest absolute Gasteiger partial charge is 0.494 e. The maximum absolute atomic E-state index is 5.84. The standard InChI is InChI=1S/C18H17N5O2S/c1-3-24-13-6-4-12(5-7-13)17-23-14(11(2)25-17)8-26-18-15-16(20-9-19-15)21-10-22-18/h4-7,9-10H,3,8H2,1-2H3,(H,19,20,21,22). The van der Waals surface area contributed by atoms with E-state index in [2.05, 4.69) is 24.9 Å². The first-order valence-corrected chi connectivity index (χ1v) is 9.19. The van der Waals surface area contributed by atoms with E-state index in [9.17, 15) is 0 Å². The highest BCUT2D eigenvalue weighted by molar-refractivity contribution is 7.98. The fourth-order valence-corrected chi connectivity index (χ4v) is 3.49. The van der Waals surface area contributed by atoms with Gasteiger partial charge >= 0.3 is 0 Å². The molecule has 0 saturated heterocycles. The van der Waals surface area contributed by atoms with Crippen LogP contribution in [0.5, 0.6) is 5.75 Å². The average Bonchev–Trinajstić information content (AvgIpc) is 3.28. The van der Waals surface area contributed by atoms with E-state index < -0.39 is 0 Å². The highest BCUT2D eigenvalue weighted by Crippen LogP contribution is 2.29. The molecule has 0 aliphatic heterocycles. The molecule has 0 unspecified atom stereocenters. The van der Waals surface area contributed by atoms with Crippen molar-refractivity contribution in [1.82, 2.24) is 24.9 Å². The number of aromatic nitrogens is 5. The van der Waals surface area contributed by atoms with Gasteiger partial charge in [-0.15, -0.1) is 0 Å². The second-order valence-electron chi connectivity index (χ2n) is 5.55. The van der Waals surface area contributed by atoms with Crippen LogP contribution < -0.4 is 4.74 Å². The van der Waals surface area contributed by atoms with Crippen LogP contribution >= 0.6 is 11.8 Å². The Morgan fingerprint density at radius 3 is 2.81 bits per heavy atom. The first kappa shape index (κ1) is 16.6. The highest BCUT2D eigenvalue weighted by Gasteiger charge is 2.14. The van der Waals surface area contributed by atoms with Gasteiger partial charge in [-0.25, -0.2) is 19.9 Å². The Morgan fingerprint density at radius 1 is 1.15 bits per heavy atom. The quantitative estimate of drug-likeness (QED) is 0.407. The number of aromatic amines is 1. The molecular formula is C18H17N5O2S. The van der Waals surface area contributed by atoms with Gasteiger partial charge in [0.25, 0.3) is 0 Å². The topological polar surface area (TPSA) is 89.7 Å². The van der Waals surface area contributed by atoms with E-state index in [1.165, 1.54) is 6.33 Å². The minimum absolute atomic E-state index is 0.607. The fraction of sp³-hybridized carbons (Fsp3) is 0.222. The normalized spacial score (nSPS) is 11.2. The third kappa shape index (κ3) is 3.28. The number of nitrogens with one attached hydrogen (secondary N) is 1. The number of rotatable bonds is 6. The number of benzene rings is 1. The molecule has 3 heterocycles. The molecular weight excluding hydrogens is 350 g/mol. The second kappa shape index (κ2) is 7.17. The minimum atomic E-state index is 0.607. The van der Waals surface area contributed by atoms with Crippen molar-refractivity contribution in [1.29, 1.82) is 0 Å². The number of thioether (sulfide) groups is 1. The zero-order valence-electron chi connectivity index (χ0n) is 14.4. The third-order valence-corrected chi connectivity index (χ3v) is 4.84. The van der Waals surface area contributed by atoms with Crippen LogP contribution in [0.2, 0.25) is 0 Å². The summed E-state index contributed by atoms with van der Waals surface area (Å²) in [5, 5.41) is 0.845. The molecule has 7 nitrogen and oxygen atoms in total. The van der Waals surface area contributed by atoms with Gasteiger partial charge in [-0.3, -0.25) is 0 Å². The summed E-state index contributed by atoms with van der Waals surface area (Å²) in [6.45, 7) is 4.53. The summed E-state index contributed by atoms with van der Waals surface area (Å²) in [6.07, 6.45) is 3.14. The van der Waals surface area contributed by atoms with Crippen LogP contribution in [-0.2, 0) is 5.75 Å². The van der Waals surface area contributed by atoms with Gasteiger partial charge in [-0.1, -0.05) is 11.8 Å². The number of hydrogen-bond acceptors (Lipinski definition) is 7. The van der Waals surface area contributed by atoms with Crippen molar-refractivity contribution in [2.24, 2.45) is 0 Å². The molecule has 0 atom stereocenters.